The second-order valence-corrected chi connectivity index (χ2v) is 4.05. The lowest BCUT2D eigenvalue weighted by atomic mass is 10.2. The Balaban J connectivity index is 0.000000500. The molecule has 0 spiro atoms. The molecule has 2 bridgehead atoms. The lowest BCUT2D eigenvalue weighted by molar-refractivity contribution is -0.114. The summed E-state index contributed by atoms with van der Waals surface area (Å²) in [6.45, 7) is 1.11. The summed E-state index contributed by atoms with van der Waals surface area (Å²) in [6.07, 6.45) is 1.10. The van der Waals surface area contributed by atoms with E-state index in [-0.39, 0.29) is 18.4 Å². The van der Waals surface area contributed by atoms with Crippen molar-refractivity contribution >= 4 is 29.3 Å². The van der Waals surface area contributed by atoms with Crippen molar-refractivity contribution < 1.29 is 4.79 Å². The van der Waals surface area contributed by atoms with E-state index in [0.29, 0.717) is 10.4 Å². The van der Waals surface area contributed by atoms with Crippen LogP contribution in [0.3, 0.4) is 0 Å². The van der Waals surface area contributed by atoms with Crippen molar-refractivity contribution in [2.75, 3.05) is 13.6 Å². The highest BCUT2D eigenvalue weighted by Gasteiger charge is 2.42. The van der Waals surface area contributed by atoms with Crippen LogP contribution < -0.4 is 0 Å². The van der Waals surface area contributed by atoms with Crippen LogP contribution in [0.5, 0.6) is 0 Å². The second-order valence-electron chi connectivity index (χ2n) is 2.75. The van der Waals surface area contributed by atoms with Crippen LogP contribution >= 0.6 is 24.2 Å². The molecule has 0 N–H and O–H groups in total. The van der Waals surface area contributed by atoms with Gasteiger partial charge in [0, 0.05) is 11.8 Å². The number of fused-ring (bicyclic) bond motifs is 2. The Labute approximate surface area is 70.7 Å². The largest absolute Gasteiger partial charge is 0.295 e. The van der Waals surface area contributed by atoms with E-state index < -0.39 is 0 Å². The molecule has 0 radical (unpaired) electrons. The molecule has 0 aliphatic carbocycles. The van der Waals surface area contributed by atoms with E-state index in [4.69, 9.17) is 0 Å². The molecule has 58 valence electrons. The maximum Gasteiger partial charge on any atom is 0.206 e. The maximum atomic E-state index is 11.0. The first-order chi connectivity index (χ1) is 4.27. The van der Waals surface area contributed by atoms with Gasteiger partial charge in [-0.2, -0.15) is 0 Å². The summed E-state index contributed by atoms with van der Waals surface area (Å²) in [5.74, 6) is 0. The number of halogens is 1. The average Bonchev–Trinajstić information content (AvgIpc) is 2.22. The van der Waals surface area contributed by atoms with Crippen LogP contribution in [0.2, 0.25) is 0 Å². The van der Waals surface area contributed by atoms with Crippen LogP contribution in [-0.2, 0) is 4.79 Å². The normalized spacial score (nSPS) is 38.3. The number of hydrogen-bond donors (Lipinski definition) is 0. The molecule has 2 saturated heterocycles. The number of likely N-dealkylation sites (tertiary alicyclic amines) is 1. The lowest BCUT2D eigenvalue weighted by Crippen LogP contribution is -2.33. The smallest absolute Gasteiger partial charge is 0.206 e. The summed E-state index contributed by atoms with van der Waals surface area (Å²) in [4.78, 5) is 13.1. The molecular formula is C6H10ClNOS. The maximum absolute atomic E-state index is 11.0. The van der Waals surface area contributed by atoms with Crippen molar-refractivity contribution in [3.8, 4) is 0 Å². The fourth-order valence-electron chi connectivity index (χ4n) is 1.56. The molecule has 2 rings (SSSR count). The van der Waals surface area contributed by atoms with E-state index in [0.717, 1.165) is 13.0 Å². The molecule has 2 aliphatic heterocycles. The number of thioether (sulfide) groups is 1. The van der Waals surface area contributed by atoms with Crippen LogP contribution in [0.1, 0.15) is 6.42 Å². The minimum Gasteiger partial charge on any atom is -0.295 e. The molecule has 10 heavy (non-hydrogen) atoms. The predicted octanol–water partition coefficient (Wildman–Crippen LogP) is 0.754. The van der Waals surface area contributed by atoms with Gasteiger partial charge in [0.15, 0.2) is 0 Å². The van der Waals surface area contributed by atoms with Crippen molar-refractivity contribution in [2.45, 2.75) is 17.7 Å². The fraction of sp³-hybridized carbons (Fsp3) is 0.833. The standard InChI is InChI=1S/C6H9NOS.ClH/c1-7-3-4-2-5(7)6(8)9-4;/h4-5H,2-3H2,1H3;1H/t4-,5-;/m0./s1. The molecule has 0 unspecified atom stereocenters. The van der Waals surface area contributed by atoms with Crippen LogP contribution in [0.4, 0.5) is 0 Å². The Morgan fingerprint density at radius 3 is 2.70 bits per heavy atom. The first-order valence-corrected chi connectivity index (χ1v) is 4.06. The van der Waals surface area contributed by atoms with Gasteiger partial charge in [0.25, 0.3) is 0 Å². The third-order valence-corrected chi connectivity index (χ3v) is 3.24. The van der Waals surface area contributed by atoms with Crippen molar-refractivity contribution in [1.29, 1.82) is 0 Å². The molecule has 0 aromatic rings. The van der Waals surface area contributed by atoms with Crippen LogP contribution in [0.25, 0.3) is 0 Å². The van der Waals surface area contributed by atoms with Gasteiger partial charge in [-0.25, -0.2) is 0 Å². The molecule has 0 aromatic heterocycles. The zero-order chi connectivity index (χ0) is 6.43. The molecule has 2 heterocycles. The third-order valence-electron chi connectivity index (χ3n) is 2.06. The Bertz CT molecular complexity index is 164. The Hall–Kier alpha value is 0.270. The quantitative estimate of drug-likeness (QED) is 0.548. The van der Waals surface area contributed by atoms with E-state index in [2.05, 4.69) is 4.90 Å². The summed E-state index contributed by atoms with van der Waals surface area (Å²) in [5.41, 5.74) is 0. The molecule has 2 nitrogen and oxygen atoms in total. The third kappa shape index (κ3) is 1.06. The summed E-state index contributed by atoms with van der Waals surface area (Å²) in [5, 5.41) is 1.00. The monoisotopic (exact) mass is 179 g/mol. The van der Waals surface area contributed by atoms with Gasteiger partial charge in [-0.1, -0.05) is 11.8 Å². The highest BCUT2D eigenvalue weighted by Crippen LogP contribution is 2.37. The Morgan fingerprint density at radius 2 is 2.40 bits per heavy atom. The molecule has 0 aromatic carbocycles. The summed E-state index contributed by atoms with van der Waals surface area (Å²) < 4.78 is 0. The van der Waals surface area contributed by atoms with Gasteiger partial charge in [0.05, 0.1) is 6.04 Å². The van der Waals surface area contributed by atoms with E-state index in [1.807, 2.05) is 7.05 Å². The predicted molar refractivity (Wildman–Crippen MR) is 44.7 cm³/mol. The van der Waals surface area contributed by atoms with Crippen molar-refractivity contribution in [3.05, 3.63) is 0 Å². The first kappa shape index (κ1) is 8.37. The van der Waals surface area contributed by atoms with E-state index in [9.17, 15) is 4.79 Å². The van der Waals surface area contributed by atoms with Gasteiger partial charge in [-0.15, -0.1) is 12.4 Å². The van der Waals surface area contributed by atoms with Crippen LogP contribution in [0.15, 0.2) is 0 Å². The second kappa shape index (κ2) is 2.72. The van der Waals surface area contributed by atoms with Gasteiger partial charge >= 0.3 is 0 Å². The zero-order valence-corrected chi connectivity index (χ0v) is 7.37. The van der Waals surface area contributed by atoms with E-state index >= 15 is 0 Å². The molecule has 2 atom stereocenters. The number of carbonyl (C=O) groups is 1. The minimum atomic E-state index is 0. The summed E-state index contributed by atoms with van der Waals surface area (Å²) in [6, 6.07) is 0.264. The van der Waals surface area contributed by atoms with Crippen molar-refractivity contribution in [1.82, 2.24) is 4.90 Å². The van der Waals surface area contributed by atoms with E-state index in [1.165, 1.54) is 11.8 Å². The SMILES string of the molecule is CN1C[C@@H]2C[C@H]1C(=O)S2.Cl. The molecule has 4 heteroatoms. The fourth-order valence-corrected chi connectivity index (χ4v) is 2.91. The minimum absolute atomic E-state index is 0. The number of hydrogen-bond acceptors (Lipinski definition) is 3. The number of carbonyl (C=O) groups excluding carboxylic acids is 1. The molecule has 0 amide bonds. The topological polar surface area (TPSA) is 20.3 Å². The Morgan fingerprint density at radius 1 is 1.70 bits per heavy atom. The van der Waals surface area contributed by atoms with Gasteiger partial charge in [0.2, 0.25) is 5.12 Å². The van der Waals surface area contributed by atoms with Gasteiger partial charge < -0.3 is 0 Å². The number of likely N-dealkylation sites (N-methyl/N-ethyl adjacent to an activating group) is 1. The van der Waals surface area contributed by atoms with E-state index in [1.54, 1.807) is 0 Å². The Kier molecular flexibility index (Phi) is 2.28. The summed E-state index contributed by atoms with van der Waals surface area (Å²) in [7, 11) is 2.03. The highest BCUT2D eigenvalue weighted by atomic mass is 35.5. The average molecular weight is 180 g/mol. The van der Waals surface area contributed by atoms with Crippen LogP contribution in [-0.4, -0.2) is 34.9 Å². The van der Waals surface area contributed by atoms with Gasteiger partial charge in [-0.3, -0.25) is 9.69 Å². The number of rotatable bonds is 0. The van der Waals surface area contributed by atoms with Gasteiger partial charge in [-0.05, 0) is 13.5 Å². The van der Waals surface area contributed by atoms with Crippen molar-refractivity contribution in [2.24, 2.45) is 0 Å². The van der Waals surface area contributed by atoms with Crippen molar-refractivity contribution in [3.63, 3.8) is 0 Å². The molecular weight excluding hydrogens is 170 g/mol. The number of nitrogens with zero attached hydrogens (tertiary/aromatic N) is 1. The molecule has 2 fully saturated rings. The van der Waals surface area contributed by atoms with Crippen LogP contribution in [0, 0.1) is 0 Å². The molecule has 0 saturated carbocycles. The van der Waals surface area contributed by atoms with Gasteiger partial charge in [0.1, 0.15) is 0 Å². The molecule has 2 aliphatic rings. The summed E-state index contributed by atoms with van der Waals surface area (Å²) >= 11 is 1.54. The lowest BCUT2D eigenvalue weighted by Gasteiger charge is -2.19. The highest BCUT2D eigenvalue weighted by molar-refractivity contribution is 8.14. The first-order valence-electron chi connectivity index (χ1n) is 3.18. The zero-order valence-electron chi connectivity index (χ0n) is 5.74.